The first-order valence-corrected chi connectivity index (χ1v) is 8.56. The van der Waals surface area contributed by atoms with Crippen LogP contribution in [-0.2, 0) is 11.2 Å². The van der Waals surface area contributed by atoms with Crippen LogP contribution in [0, 0.1) is 12.7 Å². The summed E-state index contributed by atoms with van der Waals surface area (Å²) in [5, 5.41) is 5.00. The molecule has 2 nitrogen and oxygen atoms in total. The van der Waals surface area contributed by atoms with Crippen molar-refractivity contribution in [2.75, 3.05) is 5.32 Å². The minimum Gasteiger partial charge on any atom is -0.325 e. The summed E-state index contributed by atoms with van der Waals surface area (Å²) in [4.78, 5) is 13.9. The lowest BCUT2D eigenvalue weighted by atomic mass is 9.87. The van der Waals surface area contributed by atoms with Crippen molar-refractivity contribution in [3.63, 3.8) is 0 Å². The van der Waals surface area contributed by atoms with Gasteiger partial charge in [0, 0.05) is 10.6 Å². The lowest BCUT2D eigenvalue weighted by Crippen LogP contribution is -2.24. The summed E-state index contributed by atoms with van der Waals surface area (Å²) in [7, 11) is 0. The maximum atomic E-state index is 13.4. The number of halogens is 2. The Kier molecular flexibility index (Phi) is 4.13. The van der Waals surface area contributed by atoms with Gasteiger partial charge in [-0.1, -0.05) is 0 Å². The van der Waals surface area contributed by atoms with Gasteiger partial charge in [-0.25, -0.2) is 4.39 Å². The molecule has 21 heavy (non-hydrogen) atoms. The molecule has 1 aromatic carbocycles. The SMILES string of the molecule is Cc1cc(F)c(Br)cc1NC(=O)C1CCCc2sccc21. The molecule has 0 aliphatic heterocycles. The van der Waals surface area contributed by atoms with Crippen molar-refractivity contribution in [3.05, 3.63) is 49.9 Å². The zero-order chi connectivity index (χ0) is 15.0. The number of hydrogen-bond donors (Lipinski definition) is 1. The van der Waals surface area contributed by atoms with Gasteiger partial charge in [0.15, 0.2) is 0 Å². The minimum atomic E-state index is -0.316. The van der Waals surface area contributed by atoms with E-state index in [0.717, 1.165) is 30.4 Å². The van der Waals surface area contributed by atoms with Crippen molar-refractivity contribution in [1.82, 2.24) is 0 Å². The van der Waals surface area contributed by atoms with Crippen molar-refractivity contribution in [2.45, 2.75) is 32.1 Å². The molecule has 1 aliphatic rings. The van der Waals surface area contributed by atoms with Gasteiger partial charge < -0.3 is 5.32 Å². The normalized spacial score (nSPS) is 17.4. The molecule has 1 N–H and O–H groups in total. The third kappa shape index (κ3) is 2.90. The third-order valence-electron chi connectivity index (χ3n) is 3.89. The zero-order valence-corrected chi connectivity index (χ0v) is 14.0. The number of benzene rings is 1. The number of rotatable bonds is 2. The van der Waals surface area contributed by atoms with Crippen LogP contribution >= 0.6 is 27.3 Å². The van der Waals surface area contributed by atoms with Gasteiger partial charge in [0.2, 0.25) is 5.91 Å². The second kappa shape index (κ2) is 5.89. The van der Waals surface area contributed by atoms with Crippen molar-refractivity contribution in [2.24, 2.45) is 0 Å². The molecular formula is C16H15BrFNOS. The minimum absolute atomic E-state index is 0.00374. The lowest BCUT2D eigenvalue weighted by molar-refractivity contribution is -0.117. The predicted molar refractivity (Wildman–Crippen MR) is 87.5 cm³/mol. The number of thiophene rings is 1. The maximum absolute atomic E-state index is 13.4. The van der Waals surface area contributed by atoms with E-state index in [4.69, 9.17) is 0 Å². The first kappa shape index (κ1) is 14.7. The highest BCUT2D eigenvalue weighted by atomic mass is 79.9. The Hall–Kier alpha value is -1.20. The van der Waals surface area contributed by atoms with Crippen LogP contribution in [0.25, 0.3) is 0 Å². The number of carbonyl (C=O) groups excluding carboxylic acids is 1. The highest BCUT2D eigenvalue weighted by Gasteiger charge is 2.27. The van der Waals surface area contributed by atoms with E-state index in [2.05, 4.69) is 32.7 Å². The van der Waals surface area contributed by atoms with Crippen molar-refractivity contribution in [3.8, 4) is 0 Å². The summed E-state index contributed by atoms with van der Waals surface area (Å²) in [6, 6.07) is 5.10. The van der Waals surface area contributed by atoms with Crippen LogP contribution in [0.15, 0.2) is 28.1 Å². The molecule has 3 rings (SSSR count). The summed E-state index contributed by atoms with van der Waals surface area (Å²) < 4.78 is 13.8. The Labute approximate surface area is 135 Å². The molecule has 1 heterocycles. The van der Waals surface area contributed by atoms with Crippen molar-refractivity contribution >= 4 is 38.9 Å². The smallest absolute Gasteiger partial charge is 0.231 e. The topological polar surface area (TPSA) is 29.1 Å². The van der Waals surface area contributed by atoms with Gasteiger partial charge in [-0.2, -0.15) is 0 Å². The average molecular weight is 368 g/mol. The summed E-state index contributed by atoms with van der Waals surface area (Å²) in [6.07, 6.45) is 2.98. The first-order chi connectivity index (χ1) is 10.1. The summed E-state index contributed by atoms with van der Waals surface area (Å²) in [5.41, 5.74) is 2.55. The second-order valence-corrected chi connectivity index (χ2v) is 7.17. The number of hydrogen-bond acceptors (Lipinski definition) is 2. The molecule has 1 amide bonds. The largest absolute Gasteiger partial charge is 0.325 e. The number of anilines is 1. The Balaban J connectivity index is 1.84. The van der Waals surface area contributed by atoms with Gasteiger partial charge in [-0.05, 0) is 76.8 Å². The molecule has 5 heteroatoms. The number of aryl methyl sites for hydroxylation is 2. The monoisotopic (exact) mass is 367 g/mol. The van der Waals surface area contributed by atoms with E-state index in [0.29, 0.717) is 10.2 Å². The van der Waals surface area contributed by atoms with E-state index in [1.807, 2.05) is 0 Å². The van der Waals surface area contributed by atoms with Crippen LogP contribution in [0.1, 0.15) is 34.8 Å². The summed E-state index contributed by atoms with van der Waals surface area (Å²) in [6.45, 7) is 1.79. The molecule has 0 saturated carbocycles. The average Bonchev–Trinajstić information content (AvgIpc) is 2.92. The van der Waals surface area contributed by atoms with Gasteiger partial charge in [-0.15, -0.1) is 11.3 Å². The van der Waals surface area contributed by atoms with Crippen molar-refractivity contribution in [1.29, 1.82) is 0 Å². The Morgan fingerprint density at radius 3 is 3.10 bits per heavy atom. The quantitative estimate of drug-likeness (QED) is 0.793. The first-order valence-electron chi connectivity index (χ1n) is 6.89. The summed E-state index contributed by atoms with van der Waals surface area (Å²) >= 11 is 4.88. The molecule has 0 radical (unpaired) electrons. The van der Waals surface area contributed by atoms with Crippen molar-refractivity contribution < 1.29 is 9.18 Å². The van der Waals surface area contributed by atoms with E-state index in [9.17, 15) is 9.18 Å². The van der Waals surface area contributed by atoms with Crippen LogP contribution < -0.4 is 5.32 Å². The molecule has 0 spiro atoms. The number of carbonyl (C=O) groups is 1. The molecular weight excluding hydrogens is 353 g/mol. The molecule has 1 atom stereocenters. The molecule has 1 aromatic heterocycles. The van der Waals surface area contributed by atoms with Gasteiger partial charge >= 0.3 is 0 Å². The zero-order valence-electron chi connectivity index (χ0n) is 11.6. The molecule has 0 fully saturated rings. The Bertz CT molecular complexity index is 698. The Morgan fingerprint density at radius 1 is 1.48 bits per heavy atom. The number of amides is 1. The summed E-state index contributed by atoms with van der Waals surface area (Å²) in [5.74, 6) is -0.414. The molecule has 1 aliphatic carbocycles. The predicted octanol–water partition coefficient (Wildman–Crippen LogP) is 5.02. The van der Waals surface area contributed by atoms with Gasteiger partial charge in [0.05, 0.1) is 10.4 Å². The van der Waals surface area contributed by atoms with Crippen LogP contribution in [0.4, 0.5) is 10.1 Å². The third-order valence-corrected chi connectivity index (χ3v) is 5.50. The molecule has 1 unspecified atom stereocenters. The Morgan fingerprint density at radius 2 is 2.29 bits per heavy atom. The van der Waals surface area contributed by atoms with Gasteiger partial charge in [-0.3, -0.25) is 4.79 Å². The molecule has 2 aromatic rings. The van der Waals surface area contributed by atoms with Gasteiger partial charge in [0.1, 0.15) is 5.82 Å². The van der Waals surface area contributed by atoms with E-state index in [-0.39, 0.29) is 17.6 Å². The van der Waals surface area contributed by atoms with E-state index in [1.165, 1.54) is 10.9 Å². The fourth-order valence-corrected chi connectivity index (χ4v) is 4.09. The molecule has 0 bridgehead atoms. The number of nitrogens with one attached hydrogen (secondary N) is 1. The van der Waals surface area contributed by atoms with E-state index >= 15 is 0 Å². The second-order valence-electron chi connectivity index (χ2n) is 5.31. The fourth-order valence-electron chi connectivity index (χ4n) is 2.76. The molecule has 110 valence electrons. The lowest BCUT2D eigenvalue weighted by Gasteiger charge is -2.22. The molecule has 0 saturated heterocycles. The van der Waals surface area contributed by atoms with Crippen LogP contribution in [0.2, 0.25) is 0 Å². The standard InChI is InChI=1S/C16H15BrFNOS/c1-9-7-13(18)12(17)8-14(9)19-16(20)11-3-2-4-15-10(11)5-6-21-15/h5-8,11H,2-4H2,1H3,(H,19,20). The van der Waals surface area contributed by atoms with Crippen LogP contribution in [-0.4, -0.2) is 5.91 Å². The van der Waals surface area contributed by atoms with E-state index in [1.54, 1.807) is 24.3 Å². The van der Waals surface area contributed by atoms with Crippen LogP contribution in [0.5, 0.6) is 0 Å². The number of fused-ring (bicyclic) bond motifs is 1. The van der Waals surface area contributed by atoms with Gasteiger partial charge in [0.25, 0.3) is 0 Å². The highest BCUT2D eigenvalue weighted by Crippen LogP contribution is 2.36. The van der Waals surface area contributed by atoms with E-state index < -0.39 is 0 Å². The maximum Gasteiger partial charge on any atom is 0.231 e. The fraction of sp³-hybridized carbons (Fsp3) is 0.312. The van der Waals surface area contributed by atoms with Crippen LogP contribution in [0.3, 0.4) is 0 Å². The highest BCUT2D eigenvalue weighted by molar-refractivity contribution is 9.10.